The van der Waals surface area contributed by atoms with Crippen LogP contribution >= 0.6 is 34.5 Å². The molecule has 0 aliphatic carbocycles. The van der Waals surface area contributed by atoms with Crippen LogP contribution < -0.4 is 10.1 Å². The zero-order chi connectivity index (χ0) is 22.0. The second-order valence-corrected chi connectivity index (χ2v) is 9.10. The lowest BCUT2D eigenvalue weighted by Crippen LogP contribution is -2.50. The number of benzene rings is 2. The van der Waals surface area contributed by atoms with Gasteiger partial charge in [-0.1, -0.05) is 29.3 Å². The van der Waals surface area contributed by atoms with E-state index in [1.165, 1.54) is 11.3 Å². The zero-order valence-electron chi connectivity index (χ0n) is 16.9. The minimum Gasteiger partial charge on any atom is -0.497 e. The van der Waals surface area contributed by atoms with Crippen LogP contribution in [-0.2, 0) is 4.79 Å². The van der Waals surface area contributed by atoms with Gasteiger partial charge >= 0.3 is 0 Å². The first-order valence-electron chi connectivity index (χ1n) is 9.77. The number of hydrogen-bond donors (Lipinski definition) is 1. The highest BCUT2D eigenvalue weighted by atomic mass is 35.5. The number of amides is 2. The summed E-state index contributed by atoms with van der Waals surface area (Å²) in [7, 11) is 1.60. The maximum absolute atomic E-state index is 13.0. The molecule has 162 valence electrons. The lowest BCUT2D eigenvalue weighted by molar-refractivity contribution is -0.117. The Hall–Kier alpha value is -2.32. The summed E-state index contributed by atoms with van der Waals surface area (Å²) in [6, 6.07) is 12.6. The number of carbonyl (C=O) groups is 2. The molecule has 9 heteroatoms. The molecule has 2 heterocycles. The summed E-state index contributed by atoms with van der Waals surface area (Å²) >= 11 is 13.9. The van der Waals surface area contributed by atoms with Gasteiger partial charge < -0.3 is 15.0 Å². The van der Waals surface area contributed by atoms with Gasteiger partial charge in [0.15, 0.2) is 0 Å². The molecule has 3 aromatic rings. The van der Waals surface area contributed by atoms with E-state index in [1.807, 2.05) is 17.0 Å². The van der Waals surface area contributed by atoms with Gasteiger partial charge in [-0.15, -0.1) is 11.3 Å². The number of thiophene rings is 1. The van der Waals surface area contributed by atoms with Gasteiger partial charge in [0, 0.05) is 47.0 Å². The highest BCUT2D eigenvalue weighted by Crippen LogP contribution is 2.37. The van der Waals surface area contributed by atoms with Crippen LogP contribution in [0.4, 0.5) is 5.69 Å². The monoisotopic (exact) mass is 477 g/mol. The molecule has 0 unspecified atom stereocenters. The van der Waals surface area contributed by atoms with Crippen LogP contribution in [0.15, 0.2) is 42.5 Å². The van der Waals surface area contributed by atoms with Crippen molar-refractivity contribution in [2.45, 2.75) is 0 Å². The minimum atomic E-state index is -0.0885. The molecule has 31 heavy (non-hydrogen) atoms. The number of methoxy groups -OCH3 is 1. The standard InChI is InChI=1S/C22H21Cl2N3O3S/c1-30-16-5-3-15(4-6-16)25-19(28)13-26-8-10-27(11-9-26)22(29)21-20(24)17-7-2-14(23)12-18(17)31-21/h2-7,12H,8-11,13H2,1H3,(H,25,28). The summed E-state index contributed by atoms with van der Waals surface area (Å²) in [5.74, 6) is 0.569. The Balaban J connectivity index is 1.32. The highest BCUT2D eigenvalue weighted by Gasteiger charge is 2.26. The quantitative estimate of drug-likeness (QED) is 0.582. The number of nitrogens with one attached hydrogen (secondary N) is 1. The van der Waals surface area contributed by atoms with Gasteiger partial charge in [-0.3, -0.25) is 14.5 Å². The third-order valence-electron chi connectivity index (χ3n) is 5.19. The van der Waals surface area contributed by atoms with Crippen molar-refractivity contribution in [3.05, 3.63) is 57.4 Å². The van der Waals surface area contributed by atoms with E-state index in [2.05, 4.69) is 5.32 Å². The van der Waals surface area contributed by atoms with Crippen molar-refractivity contribution in [3.8, 4) is 5.75 Å². The normalized spacial score (nSPS) is 14.6. The van der Waals surface area contributed by atoms with Crippen molar-refractivity contribution in [2.75, 3.05) is 45.2 Å². The van der Waals surface area contributed by atoms with Crippen molar-refractivity contribution in [2.24, 2.45) is 0 Å². The van der Waals surface area contributed by atoms with Crippen LogP contribution in [0.2, 0.25) is 10.0 Å². The molecule has 1 aliphatic heterocycles. The molecule has 6 nitrogen and oxygen atoms in total. The van der Waals surface area contributed by atoms with E-state index < -0.39 is 0 Å². The predicted molar refractivity (Wildman–Crippen MR) is 126 cm³/mol. The first-order chi connectivity index (χ1) is 14.9. The molecule has 0 radical (unpaired) electrons. The van der Waals surface area contributed by atoms with Crippen molar-refractivity contribution >= 4 is 62.1 Å². The Morgan fingerprint density at radius 3 is 2.45 bits per heavy atom. The van der Waals surface area contributed by atoms with E-state index in [-0.39, 0.29) is 18.4 Å². The lowest BCUT2D eigenvalue weighted by atomic mass is 10.2. The molecule has 0 bridgehead atoms. The van der Waals surface area contributed by atoms with Gasteiger partial charge in [0.05, 0.1) is 18.7 Å². The van der Waals surface area contributed by atoms with Crippen LogP contribution in [0.1, 0.15) is 9.67 Å². The summed E-state index contributed by atoms with van der Waals surface area (Å²) in [5.41, 5.74) is 0.721. The Morgan fingerprint density at radius 1 is 1.06 bits per heavy atom. The SMILES string of the molecule is COc1ccc(NC(=O)CN2CCN(C(=O)c3sc4cc(Cl)ccc4c3Cl)CC2)cc1. The maximum atomic E-state index is 13.0. The molecule has 0 spiro atoms. The van der Waals surface area contributed by atoms with E-state index in [9.17, 15) is 9.59 Å². The van der Waals surface area contributed by atoms with Crippen molar-refractivity contribution in [1.29, 1.82) is 0 Å². The molecule has 0 saturated carbocycles. The van der Waals surface area contributed by atoms with E-state index >= 15 is 0 Å². The average molecular weight is 478 g/mol. The number of anilines is 1. The third-order valence-corrected chi connectivity index (χ3v) is 7.07. The number of nitrogens with zero attached hydrogens (tertiary/aromatic N) is 2. The summed E-state index contributed by atoms with van der Waals surface area (Å²) in [4.78, 5) is 29.7. The fourth-order valence-corrected chi connectivity index (χ4v) is 5.26. The van der Waals surface area contributed by atoms with Crippen LogP contribution in [0.5, 0.6) is 5.75 Å². The second kappa shape index (κ2) is 9.44. The number of fused-ring (bicyclic) bond motifs is 1. The lowest BCUT2D eigenvalue weighted by Gasteiger charge is -2.34. The van der Waals surface area contributed by atoms with Crippen molar-refractivity contribution in [1.82, 2.24) is 9.80 Å². The first-order valence-corrected chi connectivity index (χ1v) is 11.3. The second-order valence-electron chi connectivity index (χ2n) is 7.23. The number of piperazine rings is 1. The smallest absolute Gasteiger partial charge is 0.265 e. The largest absolute Gasteiger partial charge is 0.497 e. The van der Waals surface area contributed by atoms with E-state index in [0.717, 1.165) is 21.5 Å². The summed E-state index contributed by atoms with van der Waals surface area (Å²) in [5, 5.41) is 4.82. The molecular weight excluding hydrogens is 457 g/mol. The van der Waals surface area contributed by atoms with Gasteiger partial charge in [0.2, 0.25) is 5.91 Å². The minimum absolute atomic E-state index is 0.0790. The predicted octanol–water partition coefficient (Wildman–Crippen LogP) is 4.61. The molecule has 2 amide bonds. The van der Waals surface area contributed by atoms with Crippen molar-refractivity contribution < 1.29 is 14.3 Å². The third kappa shape index (κ3) is 4.96. The number of halogens is 2. The number of rotatable bonds is 5. The molecule has 4 rings (SSSR count). The fourth-order valence-electron chi connectivity index (χ4n) is 3.51. The van der Waals surface area contributed by atoms with Gasteiger partial charge in [0.1, 0.15) is 10.6 Å². The van der Waals surface area contributed by atoms with E-state index in [0.29, 0.717) is 41.1 Å². The van der Waals surface area contributed by atoms with Crippen LogP contribution in [0.25, 0.3) is 10.1 Å². The van der Waals surface area contributed by atoms with Gasteiger partial charge in [-0.05, 0) is 36.4 Å². The highest BCUT2D eigenvalue weighted by molar-refractivity contribution is 7.21. The molecular formula is C22H21Cl2N3O3S. The maximum Gasteiger partial charge on any atom is 0.265 e. The van der Waals surface area contributed by atoms with Crippen LogP contribution in [-0.4, -0.2) is 61.4 Å². The first kappa shape index (κ1) is 21.9. The molecule has 1 saturated heterocycles. The van der Waals surface area contributed by atoms with Gasteiger partial charge in [-0.25, -0.2) is 0 Å². The zero-order valence-corrected chi connectivity index (χ0v) is 19.2. The topological polar surface area (TPSA) is 61.9 Å². The summed E-state index contributed by atoms with van der Waals surface area (Å²) in [6.45, 7) is 2.60. The summed E-state index contributed by atoms with van der Waals surface area (Å²) in [6.07, 6.45) is 0. The molecule has 2 aromatic carbocycles. The molecule has 1 aliphatic rings. The van der Waals surface area contributed by atoms with Gasteiger partial charge in [-0.2, -0.15) is 0 Å². The Labute approximate surface area is 194 Å². The molecule has 0 atom stereocenters. The Bertz CT molecular complexity index is 1110. The molecule has 1 aromatic heterocycles. The fraction of sp³-hybridized carbons (Fsp3) is 0.273. The van der Waals surface area contributed by atoms with Crippen LogP contribution in [0, 0.1) is 0 Å². The number of hydrogen-bond acceptors (Lipinski definition) is 5. The van der Waals surface area contributed by atoms with Crippen molar-refractivity contribution in [3.63, 3.8) is 0 Å². The van der Waals surface area contributed by atoms with E-state index in [4.69, 9.17) is 27.9 Å². The van der Waals surface area contributed by atoms with Crippen LogP contribution in [0.3, 0.4) is 0 Å². The Kier molecular flexibility index (Phi) is 6.67. The Morgan fingerprint density at radius 2 is 1.77 bits per heavy atom. The van der Waals surface area contributed by atoms with E-state index in [1.54, 1.807) is 42.3 Å². The number of ether oxygens (including phenoxy) is 1. The summed E-state index contributed by atoms with van der Waals surface area (Å²) < 4.78 is 6.02. The van der Waals surface area contributed by atoms with Gasteiger partial charge in [0.25, 0.3) is 5.91 Å². The molecule has 1 N–H and O–H groups in total. The molecule has 1 fully saturated rings. The average Bonchev–Trinajstić information content (AvgIpc) is 3.09. The number of carbonyl (C=O) groups excluding carboxylic acids is 2.